The Balaban J connectivity index is 1.59. The van der Waals surface area contributed by atoms with Crippen molar-refractivity contribution in [1.29, 1.82) is 0 Å². The number of ether oxygens (including phenoxy) is 1. The summed E-state index contributed by atoms with van der Waals surface area (Å²) < 4.78 is 6.35. The Kier molecular flexibility index (Phi) is 4.28. The first-order valence-corrected chi connectivity index (χ1v) is 8.88. The van der Waals surface area contributed by atoms with Gasteiger partial charge in [0.15, 0.2) is 0 Å². The lowest BCUT2D eigenvalue weighted by Crippen LogP contribution is -2.32. The minimum absolute atomic E-state index is 0.0749. The van der Waals surface area contributed by atoms with Gasteiger partial charge in [0.2, 0.25) is 0 Å². The highest BCUT2D eigenvalue weighted by Gasteiger charge is 2.29. The van der Waals surface area contributed by atoms with Gasteiger partial charge in [0, 0.05) is 24.7 Å². The maximum atomic E-state index is 6.35. The van der Waals surface area contributed by atoms with Crippen molar-refractivity contribution in [3.63, 3.8) is 0 Å². The van der Waals surface area contributed by atoms with Gasteiger partial charge in [-0.2, -0.15) is 0 Å². The number of nitrogens with zero attached hydrogens (tertiary/aromatic N) is 1. The topological polar surface area (TPSA) is 12.5 Å². The Hall–Kier alpha value is -1.51. The van der Waals surface area contributed by atoms with Crippen LogP contribution in [0.5, 0.6) is 5.75 Å². The second-order valence-electron chi connectivity index (χ2n) is 6.72. The quantitative estimate of drug-likeness (QED) is 0.805. The summed E-state index contributed by atoms with van der Waals surface area (Å²) >= 11 is 6.11. The molecule has 1 aliphatic heterocycles. The number of rotatable bonds is 4. The summed E-state index contributed by atoms with van der Waals surface area (Å²) in [6.45, 7) is 3.30. The Labute approximate surface area is 143 Å². The van der Waals surface area contributed by atoms with Crippen molar-refractivity contribution in [2.75, 3.05) is 19.6 Å². The molecular formula is C20H22ClNO. The molecule has 0 amide bonds. The normalized spacial score (nSPS) is 21.5. The minimum atomic E-state index is 0.0749. The molecule has 4 rings (SSSR count). The molecule has 3 heteroatoms. The molecule has 2 aromatic rings. The third-order valence-electron chi connectivity index (χ3n) is 4.81. The van der Waals surface area contributed by atoms with Gasteiger partial charge in [-0.3, -0.25) is 4.90 Å². The fourth-order valence-electron chi connectivity index (χ4n) is 3.42. The van der Waals surface area contributed by atoms with Gasteiger partial charge >= 0.3 is 0 Å². The van der Waals surface area contributed by atoms with Crippen LogP contribution >= 0.6 is 11.6 Å². The van der Waals surface area contributed by atoms with Gasteiger partial charge in [0.1, 0.15) is 11.9 Å². The fourth-order valence-corrected chi connectivity index (χ4v) is 3.60. The van der Waals surface area contributed by atoms with Crippen LogP contribution in [0.25, 0.3) is 0 Å². The van der Waals surface area contributed by atoms with E-state index >= 15 is 0 Å². The first kappa shape index (κ1) is 15.0. The van der Waals surface area contributed by atoms with E-state index in [-0.39, 0.29) is 6.10 Å². The van der Waals surface area contributed by atoms with Crippen molar-refractivity contribution in [2.45, 2.75) is 25.4 Å². The Morgan fingerprint density at radius 1 is 1.09 bits per heavy atom. The number of halogens is 1. The molecule has 2 nitrogen and oxygen atoms in total. The highest BCUT2D eigenvalue weighted by molar-refractivity contribution is 6.30. The lowest BCUT2D eigenvalue weighted by molar-refractivity contribution is 0.137. The Morgan fingerprint density at radius 2 is 1.96 bits per heavy atom. The van der Waals surface area contributed by atoms with Crippen molar-refractivity contribution < 1.29 is 4.74 Å². The third kappa shape index (κ3) is 3.70. The number of hydrogen-bond acceptors (Lipinski definition) is 2. The minimum Gasteiger partial charge on any atom is -0.484 e. The summed E-state index contributed by atoms with van der Waals surface area (Å²) in [6.07, 6.45) is 3.97. The molecule has 23 heavy (non-hydrogen) atoms. The van der Waals surface area contributed by atoms with Crippen molar-refractivity contribution in [2.24, 2.45) is 5.92 Å². The second kappa shape index (κ2) is 6.54. The van der Waals surface area contributed by atoms with Crippen molar-refractivity contribution in [3.05, 3.63) is 64.7 Å². The van der Waals surface area contributed by atoms with Gasteiger partial charge in [-0.1, -0.05) is 41.9 Å². The molecule has 1 atom stereocenters. The van der Waals surface area contributed by atoms with E-state index in [9.17, 15) is 0 Å². The van der Waals surface area contributed by atoms with Crippen molar-refractivity contribution in [1.82, 2.24) is 4.90 Å². The fraction of sp³-hybridized carbons (Fsp3) is 0.400. The summed E-state index contributed by atoms with van der Waals surface area (Å²) in [7, 11) is 0. The monoisotopic (exact) mass is 327 g/mol. The van der Waals surface area contributed by atoms with Gasteiger partial charge in [-0.15, -0.1) is 0 Å². The smallest absolute Gasteiger partial charge is 0.137 e. The molecular weight excluding hydrogens is 306 g/mol. The van der Waals surface area contributed by atoms with Crippen molar-refractivity contribution >= 4 is 11.6 Å². The lowest BCUT2D eigenvalue weighted by atomic mass is 10.0. The molecule has 0 bridgehead atoms. The van der Waals surface area contributed by atoms with Crippen LogP contribution in [0.3, 0.4) is 0 Å². The first-order valence-electron chi connectivity index (χ1n) is 8.50. The zero-order valence-corrected chi connectivity index (χ0v) is 14.0. The zero-order valence-electron chi connectivity index (χ0n) is 13.2. The maximum Gasteiger partial charge on any atom is 0.137 e. The number of hydrogen-bond donors (Lipinski definition) is 0. The number of fused-ring (bicyclic) bond motifs is 1. The molecule has 120 valence electrons. The van der Waals surface area contributed by atoms with Crippen LogP contribution in [0.2, 0.25) is 5.02 Å². The lowest BCUT2D eigenvalue weighted by Gasteiger charge is -2.25. The van der Waals surface area contributed by atoms with E-state index in [1.54, 1.807) is 0 Å². The standard InChI is InChI=1S/C20H22ClNO/c21-17-5-3-6-18(12-17)23-20-14-22(13-15-8-9-15)11-10-16-4-1-2-7-19(16)20/h1-7,12,15,20H,8-11,13-14H2. The molecule has 1 unspecified atom stereocenters. The molecule has 1 saturated carbocycles. The summed E-state index contributed by atoms with van der Waals surface area (Å²) in [5.74, 6) is 1.76. The van der Waals surface area contributed by atoms with Gasteiger partial charge < -0.3 is 4.74 Å². The summed E-state index contributed by atoms with van der Waals surface area (Å²) in [5.41, 5.74) is 2.74. The molecule has 1 fully saturated rings. The second-order valence-corrected chi connectivity index (χ2v) is 7.15. The molecule has 1 aliphatic carbocycles. The zero-order chi connectivity index (χ0) is 15.6. The summed E-state index contributed by atoms with van der Waals surface area (Å²) in [5, 5.41) is 0.722. The summed E-state index contributed by atoms with van der Waals surface area (Å²) in [4.78, 5) is 2.58. The van der Waals surface area contributed by atoms with Crippen LogP contribution < -0.4 is 4.74 Å². The average molecular weight is 328 g/mol. The predicted octanol–water partition coefficient (Wildman–Crippen LogP) is 4.73. The average Bonchev–Trinajstić information content (AvgIpc) is 3.37. The van der Waals surface area contributed by atoms with Crippen LogP contribution in [-0.2, 0) is 6.42 Å². The van der Waals surface area contributed by atoms with E-state index in [0.29, 0.717) is 0 Å². The molecule has 2 aromatic carbocycles. The number of benzene rings is 2. The van der Waals surface area contributed by atoms with Crippen molar-refractivity contribution in [3.8, 4) is 5.75 Å². The molecule has 0 radical (unpaired) electrons. The first-order chi connectivity index (χ1) is 11.3. The van der Waals surface area contributed by atoms with Crippen LogP contribution in [-0.4, -0.2) is 24.5 Å². The molecule has 0 spiro atoms. The highest BCUT2D eigenvalue weighted by atomic mass is 35.5. The molecule has 0 N–H and O–H groups in total. The largest absolute Gasteiger partial charge is 0.484 e. The van der Waals surface area contributed by atoms with Gasteiger partial charge in [0.25, 0.3) is 0 Å². The summed E-state index contributed by atoms with van der Waals surface area (Å²) in [6, 6.07) is 16.4. The Morgan fingerprint density at radius 3 is 2.78 bits per heavy atom. The van der Waals surface area contributed by atoms with Crippen LogP contribution in [0.4, 0.5) is 0 Å². The van der Waals surface area contributed by atoms with Gasteiger partial charge in [-0.05, 0) is 54.5 Å². The van der Waals surface area contributed by atoms with Crippen LogP contribution in [0.1, 0.15) is 30.1 Å². The van der Waals surface area contributed by atoms with E-state index < -0.39 is 0 Å². The molecule has 0 aromatic heterocycles. The van der Waals surface area contributed by atoms with Crippen LogP contribution in [0, 0.1) is 5.92 Å². The maximum absolute atomic E-state index is 6.35. The van der Waals surface area contributed by atoms with Gasteiger partial charge in [0.05, 0.1) is 0 Å². The van der Waals surface area contributed by atoms with E-state index in [0.717, 1.165) is 36.2 Å². The van der Waals surface area contributed by atoms with E-state index in [1.807, 2.05) is 24.3 Å². The molecule has 0 saturated heterocycles. The van der Waals surface area contributed by atoms with E-state index in [2.05, 4.69) is 29.2 Å². The SMILES string of the molecule is Clc1cccc(OC2CN(CC3CC3)CCc3ccccc32)c1. The van der Waals surface area contributed by atoms with Gasteiger partial charge in [-0.25, -0.2) is 0 Å². The van der Waals surface area contributed by atoms with E-state index in [1.165, 1.54) is 30.5 Å². The Bertz CT molecular complexity index is 683. The predicted molar refractivity (Wildman–Crippen MR) is 94.1 cm³/mol. The highest BCUT2D eigenvalue weighted by Crippen LogP contribution is 2.33. The van der Waals surface area contributed by atoms with E-state index in [4.69, 9.17) is 16.3 Å². The van der Waals surface area contributed by atoms with Crippen LogP contribution in [0.15, 0.2) is 48.5 Å². The molecule has 1 heterocycles. The molecule has 2 aliphatic rings. The third-order valence-corrected chi connectivity index (χ3v) is 5.05.